The van der Waals surface area contributed by atoms with Crippen LogP contribution in [0.4, 0.5) is 0 Å². The first-order valence-corrected chi connectivity index (χ1v) is 9.27. The number of nitrogens with zero attached hydrogens (tertiary/aromatic N) is 1. The SMILES string of the molecule is O=C(C(NCc1ccc2c(c1)OCO2)c1ccccc1)N1CCCCC1. The number of fused-ring (bicyclic) bond motifs is 1. The Bertz CT molecular complexity index is 757. The van der Waals surface area contributed by atoms with E-state index in [1.54, 1.807) is 0 Å². The van der Waals surface area contributed by atoms with Crippen LogP contribution in [0.5, 0.6) is 11.5 Å². The van der Waals surface area contributed by atoms with Crippen LogP contribution < -0.4 is 14.8 Å². The second kappa shape index (κ2) is 7.79. The standard InChI is InChI=1S/C21H24N2O3/c24-21(23-11-5-2-6-12-23)20(17-7-3-1-4-8-17)22-14-16-9-10-18-19(13-16)26-15-25-18/h1,3-4,7-10,13,20,22H,2,5-6,11-12,14-15H2. The van der Waals surface area contributed by atoms with Crippen molar-refractivity contribution in [1.82, 2.24) is 10.2 Å². The first-order chi connectivity index (χ1) is 12.8. The highest BCUT2D eigenvalue weighted by Crippen LogP contribution is 2.32. The van der Waals surface area contributed by atoms with Crippen LogP contribution >= 0.6 is 0 Å². The van der Waals surface area contributed by atoms with Crippen LogP contribution in [0, 0.1) is 0 Å². The Kier molecular flexibility index (Phi) is 5.07. The molecule has 0 aliphatic carbocycles. The molecule has 1 atom stereocenters. The van der Waals surface area contributed by atoms with Gasteiger partial charge in [0.15, 0.2) is 11.5 Å². The molecule has 5 heteroatoms. The fourth-order valence-corrected chi connectivity index (χ4v) is 3.56. The van der Waals surface area contributed by atoms with E-state index in [1.165, 1.54) is 6.42 Å². The van der Waals surface area contributed by atoms with E-state index in [1.807, 2.05) is 53.4 Å². The van der Waals surface area contributed by atoms with E-state index in [0.29, 0.717) is 6.54 Å². The summed E-state index contributed by atoms with van der Waals surface area (Å²) in [7, 11) is 0. The fourth-order valence-electron chi connectivity index (χ4n) is 3.56. The molecule has 2 heterocycles. The average molecular weight is 352 g/mol. The molecule has 2 aliphatic rings. The lowest BCUT2D eigenvalue weighted by atomic mass is 10.0. The predicted molar refractivity (Wildman–Crippen MR) is 99.0 cm³/mol. The minimum absolute atomic E-state index is 0.164. The predicted octanol–water partition coefficient (Wildman–Crippen LogP) is 3.26. The molecule has 0 spiro atoms. The highest BCUT2D eigenvalue weighted by atomic mass is 16.7. The van der Waals surface area contributed by atoms with Crippen LogP contribution in [0.1, 0.15) is 36.4 Å². The lowest BCUT2D eigenvalue weighted by Gasteiger charge is -2.31. The van der Waals surface area contributed by atoms with Crippen molar-refractivity contribution in [1.29, 1.82) is 0 Å². The normalized spacial score (nSPS) is 17.2. The number of rotatable bonds is 5. The molecule has 26 heavy (non-hydrogen) atoms. The van der Waals surface area contributed by atoms with Crippen LogP contribution in [0.25, 0.3) is 0 Å². The Morgan fingerprint density at radius 1 is 1.00 bits per heavy atom. The van der Waals surface area contributed by atoms with Crippen molar-refractivity contribution < 1.29 is 14.3 Å². The minimum Gasteiger partial charge on any atom is -0.454 e. The van der Waals surface area contributed by atoms with Crippen LogP contribution in [0.2, 0.25) is 0 Å². The van der Waals surface area contributed by atoms with E-state index in [4.69, 9.17) is 9.47 Å². The van der Waals surface area contributed by atoms with Gasteiger partial charge in [-0.1, -0.05) is 36.4 Å². The molecule has 0 radical (unpaired) electrons. The smallest absolute Gasteiger partial charge is 0.244 e. The number of amides is 1. The van der Waals surface area contributed by atoms with Crippen molar-refractivity contribution in [2.24, 2.45) is 0 Å². The van der Waals surface area contributed by atoms with Crippen LogP contribution in [0.3, 0.4) is 0 Å². The Morgan fingerprint density at radius 2 is 1.77 bits per heavy atom. The summed E-state index contributed by atoms with van der Waals surface area (Å²) in [6.45, 7) is 2.57. The van der Waals surface area contributed by atoms with E-state index in [9.17, 15) is 4.79 Å². The van der Waals surface area contributed by atoms with Crippen LogP contribution in [0.15, 0.2) is 48.5 Å². The maximum absolute atomic E-state index is 13.1. The number of hydrogen-bond acceptors (Lipinski definition) is 4. The molecular formula is C21H24N2O3. The van der Waals surface area contributed by atoms with E-state index in [0.717, 1.165) is 48.6 Å². The van der Waals surface area contributed by atoms with E-state index >= 15 is 0 Å². The second-order valence-electron chi connectivity index (χ2n) is 6.80. The summed E-state index contributed by atoms with van der Waals surface area (Å²) in [6.07, 6.45) is 3.40. The molecule has 136 valence electrons. The topological polar surface area (TPSA) is 50.8 Å². The largest absolute Gasteiger partial charge is 0.454 e. The zero-order valence-corrected chi connectivity index (χ0v) is 14.8. The number of piperidine rings is 1. The molecule has 1 amide bonds. The second-order valence-corrected chi connectivity index (χ2v) is 6.80. The summed E-state index contributed by atoms with van der Waals surface area (Å²) in [5, 5.41) is 3.45. The maximum atomic E-state index is 13.1. The van der Waals surface area contributed by atoms with Gasteiger partial charge in [0.05, 0.1) is 0 Å². The molecule has 0 bridgehead atoms. The van der Waals surface area contributed by atoms with Gasteiger partial charge in [-0.05, 0) is 42.5 Å². The third-order valence-electron chi connectivity index (χ3n) is 4.99. The van der Waals surface area contributed by atoms with Crippen molar-refractivity contribution in [3.8, 4) is 11.5 Å². The van der Waals surface area contributed by atoms with Crippen LogP contribution in [-0.2, 0) is 11.3 Å². The zero-order valence-electron chi connectivity index (χ0n) is 14.8. The third kappa shape index (κ3) is 3.68. The molecule has 1 unspecified atom stereocenters. The van der Waals surface area contributed by atoms with Crippen molar-refractivity contribution in [3.05, 3.63) is 59.7 Å². The van der Waals surface area contributed by atoms with Gasteiger partial charge in [0.25, 0.3) is 0 Å². The van der Waals surface area contributed by atoms with Gasteiger partial charge in [-0.3, -0.25) is 10.1 Å². The molecule has 2 aliphatic heterocycles. The first kappa shape index (κ1) is 16.9. The zero-order chi connectivity index (χ0) is 17.8. The lowest BCUT2D eigenvalue weighted by molar-refractivity contribution is -0.134. The number of hydrogen-bond donors (Lipinski definition) is 1. The van der Waals surface area contributed by atoms with E-state index < -0.39 is 0 Å². The summed E-state index contributed by atoms with van der Waals surface area (Å²) in [6, 6.07) is 15.5. The monoisotopic (exact) mass is 352 g/mol. The molecule has 0 aromatic heterocycles. The van der Waals surface area contributed by atoms with E-state index in [2.05, 4.69) is 5.32 Å². The van der Waals surface area contributed by atoms with Gasteiger partial charge in [-0.25, -0.2) is 0 Å². The Balaban J connectivity index is 1.50. The van der Waals surface area contributed by atoms with E-state index in [-0.39, 0.29) is 18.7 Å². The van der Waals surface area contributed by atoms with Crippen molar-refractivity contribution in [2.45, 2.75) is 31.8 Å². The minimum atomic E-state index is -0.334. The van der Waals surface area contributed by atoms with Gasteiger partial charge in [0, 0.05) is 19.6 Å². The molecule has 0 saturated carbocycles. The first-order valence-electron chi connectivity index (χ1n) is 9.27. The Hall–Kier alpha value is -2.53. The highest BCUT2D eigenvalue weighted by Gasteiger charge is 2.26. The molecule has 5 nitrogen and oxygen atoms in total. The van der Waals surface area contributed by atoms with Crippen molar-refractivity contribution in [3.63, 3.8) is 0 Å². The van der Waals surface area contributed by atoms with Gasteiger partial charge in [0.2, 0.25) is 12.7 Å². The molecule has 1 saturated heterocycles. The third-order valence-corrected chi connectivity index (χ3v) is 4.99. The summed E-state index contributed by atoms with van der Waals surface area (Å²) >= 11 is 0. The molecule has 2 aromatic carbocycles. The van der Waals surface area contributed by atoms with Gasteiger partial charge < -0.3 is 14.4 Å². The Morgan fingerprint density at radius 3 is 2.58 bits per heavy atom. The van der Waals surface area contributed by atoms with Crippen molar-refractivity contribution >= 4 is 5.91 Å². The number of ether oxygens (including phenoxy) is 2. The van der Waals surface area contributed by atoms with Crippen molar-refractivity contribution in [2.75, 3.05) is 19.9 Å². The maximum Gasteiger partial charge on any atom is 0.244 e. The summed E-state index contributed by atoms with van der Waals surface area (Å²) in [5.41, 5.74) is 2.07. The van der Waals surface area contributed by atoms with Crippen LogP contribution in [-0.4, -0.2) is 30.7 Å². The number of carbonyl (C=O) groups excluding carboxylic acids is 1. The van der Waals surface area contributed by atoms with Gasteiger partial charge in [-0.15, -0.1) is 0 Å². The molecular weight excluding hydrogens is 328 g/mol. The number of likely N-dealkylation sites (tertiary alicyclic amines) is 1. The summed E-state index contributed by atoms with van der Waals surface area (Å²) < 4.78 is 10.8. The molecule has 4 rings (SSSR count). The quantitative estimate of drug-likeness (QED) is 0.897. The summed E-state index contributed by atoms with van der Waals surface area (Å²) in [5.74, 6) is 1.71. The molecule has 1 fully saturated rings. The fraction of sp³-hybridized carbons (Fsp3) is 0.381. The van der Waals surface area contributed by atoms with Gasteiger partial charge >= 0.3 is 0 Å². The van der Waals surface area contributed by atoms with Gasteiger partial charge in [-0.2, -0.15) is 0 Å². The highest BCUT2D eigenvalue weighted by molar-refractivity contribution is 5.83. The summed E-state index contributed by atoms with van der Waals surface area (Å²) in [4.78, 5) is 15.1. The average Bonchev–Trinajstić information content (AvgIpc) is 3.17. The lowest BCUT2D eigenvalue weighted by Crippen LogP contribution is -2.43. The van der Waals surface area contributed by atoms with Gasteiger partial charge in [0.1, 0.15) is 6.04 Å². The number of benzene rings is 2. The number of carbonyl (C=O) groups is 1. The molecule has 2 aromatic rings. The number of nitrogens with one attached hydrogen (secondary N) is 1. The molecule has 1 N–H and O–H groups in total. The Labute approximate surface area is 153 Å².